The van der Waals surface area contributed by atoms with Crippen LogP contribution in [-0.4, -0.2) is 34.7 Å². The molecule has 0 aliphatic carbocycles. The molecule has 1 aromatic rings. The second-order valence-corrected chi connectivity index (χ2v) is 35.5. The first-order chi connectivity index (χ1) is 11.6. The van der Waals surface area contributed by atoms with Gasteiger partial charge in [-0.15, -0.1) is 0 Å². The van der Waals surface area contributed by atoms with Gasteiger partial charge in [0, 0.05) is 0 Å². The Bertz CT molecular complexity index is 914. The van der Waals surface area contributed by atoms with Gasteiger partial charge in [-0.1, -0.05) is 0 Å². The van der Waals surface area contributed by atoms with Gasteiger partial charge in [0.05, 0.1) is 4.90 Å². The summed E-state index contributed by atoms with van der Waals surface area (Å²) in [5.41, 5.74) is 0. The van der Waals surface area contributed by atoms with E-state index in [-0.39, 0.29) is 0 Å². The summed E-state index contributed by atoms with van der Waals surface area (Å²) in [6.45, 7) is 0. The number of pyridine rings is 1. The van der Waals surface area contributed by atoms with E-state index in [1.54, 1.807) is 0 Å². The summed E-state index contributed by atoms with van der Waals surface area (Å²) < 4.78 is 70.2. The molecule has 0 radical (unpaired) electrons. The van der Waals surface area contributed by atoms with Crippen LogP contribution in [0.4, 0.5) is 0 Å². The van der Waals surface area contributed by atoms with Crippen molar-refractivity contribution in [2.45, 2.75) is 19.4 Å². The minimum atomic E-state index is -4.41. The molecular formula is C8H2Br9NO6S3. The number of hydrogen-bond acceptors (Lipinski definition) is 7. The van der Waals surface area contributed by atoms with Crippen molar-refractivity contribution in [2.24, 2.45) is 0 Å². The molecule has 156 valence electrons. The van der Waals surface area contributed by atoms with Crippen molar-refractivity contribution in [1.29, 1.82) is 0 Å². The van der Waals surface area contributed by atoms with Gasteiger partial charge in [0.25, 0.3) is 0 Å². The van der Waals surface area contributed by atoms with E-state index >= 15 is 0 Å². The van der Waals surface area contributed by atoms with Gasteiger partial charge in [0.1, 0.15) is 0 Å². The van der Waals surface area contributed by atoms with Gasteiger partial charge in [-0.2, -0.15) is 0 Å². The number of alkyl halides is 9. The van der Waals surface area contributed by atoms with E-state index in [4.69, 9.17) is 0 Å². The molecule has 0 fully saturated rings. The Morgan fingerprint density at radius 2 is 0.815 bits per heavy atom. The highest BCUT2D eigenvalue weighted by Gasteiger charge is 2.45. The molecule has 19 heteroatoms. The standard InChI is InChI=1S/C8H2Br9NO6S3/c9-6(10,11)25(19,20)3-1-4(26(21,22)7(12,13)14)18-5(2-3)27(23,24)8(15,16)17/h1-2H. The van der Waals surface area contributed by atoms with Gasteiger partial charge in [0.2, 0.25) is 33.9 Å². The third-order valence-electron chi connectivity index (χ3n) is 2.53. The lowest BCUT2D eigenvalue weighted by molar-refractivity contribution is 0.585. The van der Waals surface area contributed by atoms with Crippen molar-refractivity contribution in [3.63, 3.8) is 0 Å². The molecule has 0 saturated carbocycles. The van der Waals surface area contributed by atoms with Crippen molar-refractivity contribution in [2.75, 3.05) is 0 Å². The van der Waals surface area contributed by atoms with E-state index in [9.17, 15) is 25.3 Å². The Hall–Kier alpha value is 3.32. The van der Waals surface area contributed by atoms with Crippen molar-refractivity contribution in [1.82, 2.24) is 4.98 Å². The van der Waals surface area contributed by atoms with Crippen LogP contribution in [0.25, 0.3) is 0 Å². The third-order valence-corrected chi connectivity index (χ3v) is 18.2. The van der Waals surface area contributed by atoms with Crippen molar-refractivity contribution in [3.8, 4) is 0 Å². The third kappa shape index (κ3) is 6.01. The van der Waals surface area contributed by atoms with Gasteiger partial charge in [-0.3, -0.25) is 0 Å². The number of aromatic nitrogens is 1. The van der Waals surface area contributed by atoms with E-state index in [0.29, 0.717) is 0 Å². The summed E-state index contributed by atoms with van der Waals surface area (Å²) in [5, 5.41) is -1.66. The first kappa shape index (κ1) is 28.4. The summed E-state index contributed by atoms with van der Waals surface area (Å²) in [5.74, 6) is 0. The number of nitrogens with zero attached hydrogens (tertiary/aromatic N) is 1. The SMILES string of the molecule is O=S(=O)(c1cc(S(=O)(=O)C(Br)(Br)Br)nc(S(=O)(=O)C(Br)(Br)Br)c1)C(Br)(Br)Br. The predicted molar refractivity (Wildman–Crippen MR) is 134 cm³/mol. The highest BCUT2D eigenvalue weighted by atomic mass is 80.0. The van der Waals surface area contributed by atoms with Crippen molar-refractivity contribution < 1.29 is 25.3 Å². The highest BCUT2D eigenvalue weighted by Crippen LogP contribution is 2.48. The normalized spacial score (nSPS) is 15.0. The van der Waals surface area contributed by atoms with Gasteiger partial charge in [0.15, 0.2) is 10.1 Å². The van der Waals surface area contributed by atoms with Crippen LogP contribution in [0.15, 0.2) is 27.1 Å². The van der Waals surface area contributed by atoms with Gasteiger partial charge in [-0.25, -0.2) is 30.2 Å². The molecule has 0 spiro atoms. The first-order valence-electron chi connectivity index (χ1n) is 5.53. The largest absolute Gasteiger partial charge is 0.240 e. The molecule has 0 aliphatic heterocycles. The Morgan fingerprint density at radius 3 is 1.04 bits per heavy atom. The maximum absolute atomic E-state index is 12.7. The average molecular weight is 1020 g/mol. The number of hydrogen-bond donors (Lipinski definition) is 0. The molecule has 0 amide bonds. The van der Waals surface area contributed by atoms with Crippen LogP contribution in [0.1, 0.15) is 0 Å². The minimum absolute atomic E-state index is 0.645. The molecule has 0 saturated heterocycles. The Kier molecular flexibility index (Phi) is 9.38. The molecule has 1 heterocycles. The fourth-order valence-corrected chi connectivity index (χ4v) is 8.41. The van der Waals surface area contributed by atoms with E-state index in [1.165, 1.54) is 0 Å². The van der Waals surface area contributed by atoms with Gasteiger partial charge < -0.3 is 0 Å². The second kappa shape index (κ2) is 8.93. The zero-order valence-corrected chi connectivity index (χ0v) is 28.4. The van der Waals surface area contributed by atoms with Crippen LogP contribution in [0.3, 0.4) is 0 Å². The summed E-state index contributed by atoms with van der Waals surface area (Å²) in [6, 6.07) is 1.44. The van der Waals surface area contributed by atoms with Gasteiger partial charge >= 0.3 is 0 Å². The molecule has 0 bridgehead atoms. The molecule has 1 rings (SSSR count). The van der Waals surface area contributed by atoms with Crippen LogP contribution < -0.4 is 0 Å². The predicted octanol–water partition coefficient (Wildman–Crippen LogP) is 5.79. The molecule has 0 aromatic carbocycles. The maximum Gasteiger partial charge on any atom is 0.240 e. The molecule has 1 aromatic heterocycles. The van der Waals surface area contributed by atoms with Crippen molar-refractivity contribution in [3.05, 3.63) is 12.1 Å². The zero-order valence-electron chi connectivity index (χ0n) is 11.7. The summed E-state index contributed by atoms with van der Waals surface area (Å²) in [7, 11) is -13.2. The quantitative estimate of drug-likeness (QED) is 0.353. The maximum atomic E-state index is 12.7. The molecular weight excluding hydrogens is 1020 g/mol. The van der Waals surface area contributed by atoms with E-state index in [2.05, 4.69) is 148 Å². The first-order valence-corrected chi connectivity index (χ1v) is 17.1. The number of rotatable bonds is 3. The summed E-state index contributed by atoms with van der Waals surface area (Å²) in [4.78, 5) is 2.99. The molecule has 7 nitrogen and oxygen atoms in total. The fraction of sp³-hybridized carbons (Fsp3) is 0.375. The van der Waals surface area contributed by atoms with E-state index in [1.807, 2.05) is 0 Å². The molecule has 0 atom stereocenters. The second-order valence-electron chi connectivity index (χ2n) is 4.33. The molecule has 0 aliphatic rings. The van der Waals surface area contributed by atoms with Crippen LogP contribution in [0.5, 0.6) is 0 Å². The van der Waals surface area contributed by atoms with Gasteiger partial charge in [-0.05, 0) is 156 Å². The topological polar surface area (TPSA) is 115 Å². The lowest BCUT2D eigenvalue weighted by Crippen LogP contribution is -2.25. The lowest BCUT2D eigenvalue weighted by atomic mass is 10.5. The van der Waals surface area contributed by atoms with Crippen LogP contribution in [0.2, 0.25) is 0 Å². The smallest absolute Gasteiger partial charge is 0.224 e. The molecule has 0 N–H and O–H groups in total. The average Bonchev–Trinajstić information content (AvgIpc) is 2.43. The highest BCUT2D eigenvalue weighted by molar-refractivity contribution is 9.43. The van der Waals surface area contributed by atoms with Crippen molar-refractivity contribution >= 4 is 173 Å². The Balaban J connectivity index is 4.08. The van der Waals surface area contributed by atoms with Crippen LogP contribution in [-0.2, 0) is 29.5 Å². The summed E-state index contributed by atoms with van der Waals surface area (Å²) >= 11 is 25.4. The lowest BCUT2D eigenvalue weighted by Gasteiger charge is -2.19. The molecule has 27 heavy (non-hydrogen) atoms. The zero-order chi connectivity index (χ0) is 21.9. The van der Waals surface area contributed by atoms with Crippen LogP contribution in [0, 0.1) is 0 Å². The van der Waals surface area contributed by atoms with E-state index in [0.717, 1.165) is 12.1 Å². The van der Waals surface area contributed by atoms with Crippen LogP contribution >= 0.6 is 143 Å². The minimum Gasteiger partial charge on any atom is -0.224 e. The Morgan fingerprint density at radius 1 is 0.556 bits per heavy atom. The Labute approximate surface area is 230 Å². The number of halogens is 9. The number of sulfone groups is 3. The fourth-order valence-electron chi connectivity index (χ4n) is 1.26. The van der Waals surface area contributed by atoms with E-state index < -0.39 is 48.9 Å². The molecule has 0 unspecified atom stereocenters. The monoisotopic (exact) mass is 1010 g/mol. The summed E-state index contributed by atoms with van der Waals surface area (Å²) in [6.07, 6.45) is 0.